The van der Waals surface area contributed by atoms with Crippen molar-refractivity contribution in [2.75, 3.05) is 13.2 Å². The van der Waals surface area contributed by atoms with E-state index in [1.807, 2.05) is 0 Å². The van der Waals surface area contributed by atoms with Crippen LogP contribution in [0.1, 0.15) is 36.9 Å². The summed E-state index contributed by atoms with van der Waals surface area (Å²) >= 11 is 0. The van der Waals surface area contributed by atoms with Crippen LogP contribution in [0.3, 0.4) is 0 Å². The van der Waals surface area contributed by atoms with Crippen molar-refractivity contribution in [2.24, 2.45) is 5.92 Å². The van der Waals surface area contributed by atoms with Gasteiger partial charge in [0.25, 0.3) is 0 Å². The predicted octanol–water partition coefficient (Wildman–Crippen LogP) is 2.95. The Kier molecular flexibility index (Phi) is 3.53. The Labute approximate surface area is 130 Å². The Balaban J connectivity index is 1.45. The Hall–Kier alpha value is -1.97. The Bertz CT molecular complexity index is 700. The van der Waals surface area contributed by atoms with Crippen LogP contribution in [0.2, 0.25) is 0 Å². The first-order valence-corrected chi connectivity index (χ1v) is 8.35. The zero-order valence-electron chi connectivity index (χ0n) is 12.8. The fourth-order valence-corrected chi connectivity index (χ4v) is 3.40. The summed E-state index contributed by atoms with van der Waals surface area (Å²) in [6.45, 7) is 1.53. The van der Waals surface area contributed by atoms with Crippen LogP contribution in [0.25, 0.3) is 10.9 Å². The van der Waals surface area contributed by atoms with E-state index in [4.69, 9.17) is 4.74 Å². The van der Waals surface area contributed by atoms with E-state index in [9.17, 15) is 4.79 Å². The molecular weight excluding hydrogens is 276 g/mol. The minimum absolute atomic E-state index is 0.230. The molecule has 0 bridgehead atoms. The first kappa shape index (κ1) is 13.7. The molecule has 1 fully saturated rings. The van der Waals surface area contributed by atoms with E-state index in [0.29, 0.717) is 6.54 Å². The molecule has 4 nitrogen and oxygen atoms in total. The first-order valence-electron chi connectivity index (χ1n) is 8.35. The number of benzene rings is 1. The molecule has 0 unspecified atom stereocenters. The number of hydrogen-bond acceptors (Lipinski definition) is 2. The second kappa shape index (κ2) is 5.67. The van der Waals surface area contributed by atoms with Crippen LogP contribution in [0.4, 0.5) is 0 Å². The number of rotatable bonds is 4. The third-order valence-electron chi connectivity index (χ3n) is 4.93. The number of ether oxygens (including phenoxy) is 1. The number of hydrogen-bond donors (Lipinski definition) is 2. The molecule has 0 spiro atoms. The topological polar surface area (TPSA) is 54.1 Å². The molecular formula is C18H22N2O2. The molecule has 1 aliphatic heterocycles. The zero-order chi connectivity index (χ0) is 14.9. The van der Waals surface area contributed by atoms with Crippen molar-refractivity contribution < 1.29 is 9.53 Å². The van der Waals surface area contributed by atoms with Crippen molar-refractivity contribution >= 4 is 16.8 Å². The molecule has 0 atom stereocenters. The van der Waals surface area contributed by atoms with Crippen LogP contribution in [-0.4, -0.2) is 24.0 Å². The van der Waals surface area contributed by atoms with Crippen LogP contribution in [0, 0.1) is 5.92 Å². The Morgan fingerprint density at radius 1 is 1.32 bits per heavy atom. The molecule has 2 heterocycles. The average Bonchev–Trinajstić information content (AvgIpc) is 2.88. The van der Waals surface area contributed by atoms with Crippen molar-refractivity contribution in [1.82, 2.24) is 10.3 Å². The van der Waals surface area contributed by atoms with E-state index < -0.39 is 0 Å². The van der Waals surface area contributed by atoms with Gasteiger partial charge in [0.1, 0.15) is 5.75 Å². The number of amides is 1. The van der Waals surface area contributed by atoms with Gasteiger partial charge in [0.05, 0.1) is 6.61 Å². The lowest BCUT2D eigenvalue weighted by molar-refractivity contribution is -0.127. The highest BCUT2D eigenvalue weighted by Gasteiger charge is 2.24. The van der Waals surface area contributed by atoms with Gasteiger partial charge in [0, 0.05) is 41.0 Å². The van der Waals surface area contributed by atoms with Crippen molar-refractivity contribution in [3.63, 3.8) is 0 Å². The van der Waals surface area contributed by atoms with Gasteiger partial charge in [-0.2, -0.15) is 0 Å². The van der Waals surface area contributed by atoms with Gasteiger partial charge in [0.2, 0.25) is 5.91 Å². The third-order valence-corrected chi connectivity index (χ3v) is 4.93. The summed E-state index contributed by atoms with van der Waals surface area (Å²) in [4.78, 5) is 15.3. The summed E-state index contributed by atoms with van der Waals surface area (Å²) in [5, 5.41) is 4.33. The van der Waals surface area contributed by atoms with Gasteiger partial charge < -0.3 is 15.0 Å². The van der Waals surface area contributed by atoms with Crippen LogP contribution in [0.5, 0.6) is 5.75 Å². The largest absolute Gasteiger partial charge is 0.493 e. The van der Waals surface area contributed by atoms with Crippen LogP contribution >= 0.6 is 0 Å². The summed E-state index contributed by atoms with van der Waals surface area (Å²) in [6, 6.07) is 6.38. The van der Waals surface area contributed by atoms with Gasteiger partial charge in [-0.3, -0.25) is 4.79 Å². The quantitative estimate of drug-likeness (QED) is 0.912. The molecule has 2 aromatic rings. The number of aromatic nitrogens is 1. The van der Waals surface area contributed by atoms with Gasteiger partial charge in [-0.15, -0.1) is 0 Å². The number of H-pyrrole nitrogens is 1. The van der Waals surface area contributed by atoms with Gasteiger partial charge >= 0.3 is 0 Å². The van der Waals surface area contributed by atoms with E-state index in [2.05, 4.69) is 28.5 Å². The Morgan fingerprint density at radius 3 is 3.05 bits per heavy atom. The first-order chi connectivity index (χ1) is 10.8. The van der Waals surface area contributed by atoms with E-state index in [1.54, 1.807) is 0 Å². The molecule has 0 radical (unpaired) electrons. The molecule has 1 aliphatic carbocycles. The standard InChI is InChI=1S/C18H22N2O2/c21-18(12-3-1-4-12)19-9-8-13-11-15-14-5-2-10-22-17(14)7-6-16(15)20-13/h6-7,11-12,20H,1-5,8-10H2,(H,19,21). The molecule has 0 saturated heterocycles. The number of carbonyl (C=O) groups excluding carboxylic acids is 1. The summed E-state index contributed by atoms with van der Waals surface area (Å²) in [6.07, 6.45) is 6.34. The maximum absolute atomic E-state index is 11.8. The number of nitrogens with one attached hydrogen (secondary N) is 2. The van der Waals surface area contributed by atoms with Crippen molar-refractivity contribution in [2.45, 2.75) is 38.5 Å². The average molecular weight is 298 g/mol. The van der Waals surface area contributed by atoms with Gasteiger partial charge in [-0.05, 0) is 43.9 Å². The third kappa shape index (κ3) is 2.47. The van der Waals surface area contributed by atoms with Gasteiger partial charge in [-0.1, -0.05) is 6.42 Å². The van der Waals surface area contributed by atoms with Gasteiger partial charge in [-0.25, -0.2) is 0 Å². The highest BCUT2D eigenvalue weighted by molar-refractivity contribution is 5.86. The lowest BCUT2D eigenvalue weighted by Gasteiger charge is -2.23. The molecule has 116 valence electrons. The van der Waals surface area contributed by atoms with E-state index >= 15 is 0 Å². The van der Waals surface area contributed by atoms with Crippen LogP contribution in [-0.2, 0) is 17.6 Å². The molecule has 4 heteroatoms. The maximum atomic E-state index is 11.8. The van der Waals surface area contributed by atoms with Crippen LogP contribution in [0.15, 0.2) is 18.2 Å². The molecule has 1 amide bonds. The molecule has 1 aromatic heterocycles. The second-order valence-corrected chi connectivity index (χ2v) is 6.42. The summed E-state index contributed by atoms with van der Waals surface area (Å²) < 4.78 is 5.73. The SMILES string of the molecule is O=C(NCCc1cc2c3c(ccc2[nH]1)OCCC3)C1CCC1. The Morgan fingerprint density at radius 2 is 2.23 bits per heavy atom. The normalized spacial score (nSPS) is 17.6. The minimum Gasteiger partial charge on any atom is -0.493 e. The molecule has 4 rings (SSSR count). The highest BCUT2D eigenvalue weighted by Crippen LogP contribution is 2.32. The molecule has 2 N–H and O–H groups in total. The minimum atomic E-state index is 0.230. The molecule has 22 heavy (non-hydrogen) atoms. The fraction of sp³-hybridized carbons (Fsp3) is 0.500. The number of fused-ring (bicyclic) bond motifs is 3. The predicted molar refractivity (Wildman–Crippen MR) is 86.2 cm³/mol. The lowest BCUT2D eigenvalue weighted by Crippen LogP contribution is -2.35. The smallest absolute Gasteiger partial charge is 0.223 e. The van der Waals surface area contributed by atoms with E-state index in [1.165, 1.54) is 28.6 Å². The van der Waals surface area contributed by atoms with Gasteiger partial charge in [0.15, 0.2) is 0 Å². The number of aryl methyl sites for hydroxylation is 1. The number of aromatic amines is 1. The molecule has 1 aromatic carbocycles. The highest BCUT2D eigenvalue weighted by atomic mass is 16.5. The summed E-state index contributed by atoms with van der Waals surface area (Å²) in [7, 11) is 0. The summed E-state index contributed by atoms with van der Waals surface area (Å²) in [5.41, 5.74) is 3.68. The lowest BCUT2D eigenvalue weighted by atomic mass is 9.85. The van der Waals surface area contributed by atoms with E-state index in [-0.39, 0.29) is 11.8 Å². The van der Waals surface area contributed by atoms with Crippen molar-refractivity contribution in [3.05, 3.63) is 29.5 Å². The second-order valence-electron chi connectivity index (χ2n) is 6.42. The maximum Gasteiger partial charge on any atom is 0.223 e. The van der Waals surface area contributed by atoms with Crippen molar-refractivity contribution in [3.8, 4) is 5.75 Å². The van der Waals surface area contributed by atoms with Crippen molar-refractivity contribution in [1.29, 1.82) is 0 Å². The van der Waals surface area contributed by atoms with E-state index in [0.717, 1.165) is 44.5 Å². The van der Waals surface area contributed by atoms with Crippen LogP contribution < -0.4 is 10.1 Å². The summed E-state index contributed by atoms with van der Waals surface area (Å²) in [5.74, 6) is 1.53. The molecule has 2 aliphatic rings. The number of carbonyl (C=O) groups is 1. The fourth-order valence-electron chi connectivity index (χ4n) is 3.40. The molecule has 1 saturated carbocycles. The zero-order valence-corrected chi connectivity index (χ0v) is 12.8. The monoisotopic (exact) mass is 298 g/mol.